The van der Waals surface area contributed by atoms with Gasteiger partial charge in [-0.1, -0.05) is 153 Å². The van der Waals surface area contributed by atoms with E-state index in [1.165, 1.54) is 98.4 Å². The third-order valence-corrected chi connectivity index (χ3v) is 10.8. The SMILES string of the molecule is CC1(C)c2ccccc2-c2cc3c(-c4cc5ccccc5c5ccccc45)c4ccccc4c(-c4cccc5ccccc45)c3cc21. The third-order valence-electron chi connectivity index (χ3n) is 10.8. The molecule has 0 heteroatoms. The van der Waals surface area contributed by atoms with Gasteiger partial charge in [0.25, 0.3) is 0 Å². The normalized spacial score (nSPS) is 13.5. The Bertz CT molecular complexity index is 2750. The minimum Gasteiger partial charge on any atom is -0.0619 e. The summed E-state index contributed by atoms with van der Waals surface area (Å²) >= 11 is 0. The molecule has 0 nitrogen and oxygen atoms in total. The Kier molecular flexibility index (Phi) is 5.44. The highest BCUT2D eigenvalue weighted by Gasteiger charge is 2.36. The standard InChI is InChI=1S/C47H32/c1-47(2)43-25-12-11-21-35(43)39-27-41-42(28-44(39)47)45(36-24-13-16-29-14-3-5-17-31(29)36)37-22-9-10-23-38(37)46(41)40-26-30-15-4-6-18-32(30)33-19-7-8-20-34(33)40/h3-28H,1-2H3. The fraction of sp³-hybridized carbons (Fsp3) is 0.0638. The van der Waals surface area contributed by atoms with E-state index < -0.39 is 0 Å². The first-order valence-corrected chi connectivity index (χ1v) is 16.6. The fourth-order valence-corrected chi connectivity index (χ4v) is 8.66. The van der Waals surface area contributed by atoms with Gasteiger partial charge in [0.05, 0.1) is 0 Å². The van der Waals surface area contributed by atoms with Crippen molar-refractivity contribution in [3.05, 3.63) is 169 Å². The van der Waals surface area contributed by atoms with E-state index >= 15 is 0 Å². The van der Waals surface area contributed by atoms with Gasteiger partial charge in [0.15, 0.2) is 0 Å². The van der Waals surface area contributed by atoms with Gasteiger partial charge in [0.1, 0.15) is 0 Å². The minimum absolute atomic E-state index is 0.0996. The molecule has 0 bridgehead atoms. The molecule has 0 unspecified atom stereocenters. The molecule has 0 saturated heterocycles. The predicted octanol–water partition coefficient (Wildman–Crippen LogP) is 13.1. The lowest BCUT2D eigenvalue weighted by molar-refractivity contribution is 0.661. The number of benzene rings is 9. The van der Waals surface area contributed by atoms with Crippen LogP contribution in [0.1, 0.15) is 25.0 Å². The second kappa shape index (κ2) is 9.64. The Labute approximate surface area is 274 Å². The maximum Gasteiger partial charge on any atom is 0.0159 e. The third kappa shape index (κ3) is 3.64. The maximum absolute atomic E-state index is 2.54. The van der Waals surface area contributed by atoms with Crippen LogP contribution < -0.4 is 0 Å². The van der Waals surface area contributed by atoms with Crippen molar-refractivity contribution in [1.29, 1.82) is 0 Å². The van der Waals surface area contributed by atoms with Crippen molar-refractivity contribution in [2.45, 2.75) is 19.3 Å². The zero-order chi connectivity index (χ0) is 31.3. The van der Waals surface area contributed by atoms with Crippen molar-refractivity contribution in [2.75, 3.05) is 0 Å². The van der Waals surface area contributed by atoms with Crippen molar-refractivity contribution in [2.24, 2.45) is 0 Å². The van der Waals surface area contributed by atoms with Gasteiger partial charge in [-0.3, -0.25) is 0 Å². The monoisotopic (exact) mass is 596 g/mol. The molecule has 0 N–H and O–H groups in total. The molecule has 1 aliphatic rings. The highest BCUT2D eigenvalue weighted by molar-refractivity contribution is 6.27. The van der Waals surface area contributed by atoms with Crippen molar-refractivity contribution >= 4 is 53.9 Å². The van der Waals surface area contributed by atoms with Crippen LogP contribution in [-0.2, 0) is 5.41 Å². The van der Waals surface area contributed by atoms with Gasteiger partial charge in [0, 0.05) is 5.41 Å². The van der Waals surface area contributed by atoms with Crippen LogP contribution in [0, 0.1) is 0 Å². The Morgan fingerprint density at radius 1 is 0.298 bits per heavy atom. The van der Waals surface area contributed by atoms with Crippen LogP contribution in [0.5, 0.6) is 0 Å². The molecule has 220 valence electrons. The van der Waals surface area contributed by atoms with Gasteiger partial charge in [-0.2, -0.15) is 0 Å². The van der Waals surface area contributed by atoms with Crippen molar-refractivity contribution in [3.8, 4) is 33.4 Å². The topological polar surface area (TPSA) is 0 Å². The van der Waals surface area contributed by atoms with Gasteiger partial charge >= 0.3 is 0 Å². The Morgan fingerprint density at radius 3 is 1.62 bits per heavy atom. The van der Waals surface area contributed by atoms with Gasteiger partial charge in [-0.25, -0.2) is 0 Å². The molecule has 0 atom stereocenters. The molecule has 0 aliphatic heterocycles. The summed E-state index contributed by atoms with van der Waals surface area (Å²) in [5.41, 5.74) is 10.6. The van der Waals surface area contributed by atoms with E-state index in [9.17, 15) is 0 Å². The zero-order valence-electron chi connectivity index (χ0n) is 26.5. The van der Waals surface area contributed by atoms with Crippen LogP contribution in [0.3, 0.4) is 0 Å². The molecule has 0 saturated carbocycles. The number of hydrogen-bond donors (Lipinski definition) is 0. The summed E-state index contributed by atoms with van der Waals surface area (Å²) < 4.78 is 0. The van der Waals surface area contributed by atoms with E-state index in [1.807, 2.05) is 0 Å². The summed E-state index contributed by atoms with van der Waals surface area (Å²) in [6, 6.07) is 59.0. The van der Waals surface area contributed by atoms with E-state index in [0.717, 1.165) is 0 Å². The molecule has 0 aromatic heterocycles. The maximum atomic E-state index is 2.54. The lowest BCUT2D eigenvalue weighted by atomic mass is 9.78. The smallest absolute Gasteiger partial charge is 0.0159 e. The molecule has 9 aromatic carbocycles. The number of rotatable bonds is 2. The quantitative estimate of drug-likeness (QED) is 0.138. The number of hydrogen-bond acceptors (Lipinski definition) is 0. The zero-order valence-corrected chi connectivity index (χ0v) is 26.5. The molecular weight excluding hydrogens is 565 g/mol. The Morgan fingerprint density at radius 2 is 0.830 bits per heavy atom. The minimum atomic E-state index is -0.0996. The van der Waals surface area contributed by atoms with Crippen molar-refractivity contribution in [1.82, 2.24) is 0 Å². The van der Waals surface area contributed by atoms with Crippen LogP contribution in [-0.4, -0.2) is 0 Å². The average Bonchev–Trinajstić information content (AvgIpc) is 3.34. The molecule has 10 rings (SSSR count). The highest BCUT2D eigenvalue weighted by Crippen LogP contribution is 2.54. The summed E-state index contributed by atoms with van der Waals surface area (Å²) in [5.74, 6) is 0. The summed E-state index contributed by atoms with van der Waals surface area (Å²) in [6.07, 6.45) is 0. The highest BCUT2D eigenvalue weighted by atomic mass is 14.4. The van der Waals surface area contributed by atoms with E-state index in [0.29, 0.717) is 0 Å². The average molecular weight is 597 g/mol. The van der Waals surface area contributed by atoms with Gasteiger partial charge in [-0.15, -0.1) is 0 Å². The Balaban J connectivity index is 1.46. The number of fused-ring (bicyclic) bond motifs is 9. The molecule has 9 aromatic rings. The van der Waals surface area contributed by atoms with E-state index in [1.54, 1.807) is 0 Å². The van der Waals surface area contributed by atoms with Crippen LogP contribution in [0.2, 0.25) is 0 Å². The molecule has 0 amide bonds. The van der Waals surface area contributed by atoms with Gasteiger partial charge < -0.3 is 0 Å². The van der Waals surface area contributed by atoms with E-state index in [-0.39, 0.29) is 5.41 Å². The lowest BCUT2D eigenvalue weighted by Crippen LogP contribution is -2.14. The lowest BCUT2D eigenvalue weighted by Gasteiger charge is -2.24. The fourth-order valence-electron chi connectivity index (χ4n) is 8.66. The van der Waals surface area contributed by atoms with Crippen LogP contribution >= 0.6 is 0 Å². The second-order valence-corrected chi connectivity index (χ2v) is 13.6. The predicted molar refractivity (Wildman–Crippen MR) is 202 cm³/mol. The first-order chi connectivity index (χ1) is 23.1. The molecule has 1 aliphatic carbocycles. The molecule has 0 heterocycles. The first kappa shape index (κ1) is 26.5. The summed E-state index contributed by atoms with van der Waals surface area (Å²) in [7, 11) is 0. The summed E-state index contributed by atoms with van der Waals surface area (Å²) in [4.78, 5) is 0. The van der Waals surface area contributed by atoms with Crippen LogP contribution in [0.4, 0.5) is 0 Å². The van der Waals surface area contributed by atoms with Crippen molar-refractivity contribution in [3.63, 3.8) is 0 Å². The largest absolute Gasteiger partial charge is 0.0619 e. The van der Waals surface area contributed by atoms with Crippen LogP contribution in [0.15, 0.2) is 158 Å². The van der Waals surface area contributed by atoms with Crippen LogP contribution in [0.25, 0.3) is 87.2 Å². The molecule has 0 spiro atoms. The van der Waals surface area contributed by atoms with Gasteiger partial charge in [-0.05, 0) is 117 Å². The van der Waals surface area contributed by atoms with E-state index in [4.69, 9.17) is 0 Å². The molecular formula is C47H32. The summed E-state index contributed by atoms with van der Waals surface area (Å²) in [5, 5.41) is 12.9. The molecule has 0 fully saturated rings. The van der Waals surface area contributed by atoms with E-state index in [2.05, 4.69) is 172 Å². The second-order valence-electron chi connectivity index (χ2n) is 13.6. The Hall–Kier alpha value is -5.72. The van der Waals surface area contributed by atoms with Crippen molar-refractivity contribution < 1.29 is 0 Å². The summed E-state index contributed by atoms with van der Waals surface area (Å²) in [6.45, 7) is 4.78. The molecule has 47 heavy (non-hydrogen) atoms. The molecule has 0 radical (unpaired) electrons. The van der Waals surface area contributed by atoms with Gasteiger partial charge in [0.2, 0.25) is 0 Å². The first-order valence-electron chi connectivity index (χ1n) is 16.6.